The molecule has 0 amide bonds. The molecule has 0 saturated heterocycles. The van der Waals surface area contributed by atoms with Crippen molar-refractivity contribution in [2.24, 2.45) is 0 Å². The van der Waals surface area contributed by atoms with E-state index < -0.39 is 0 Å². The summed E-state index contributed by atoms with van der Waals surface area (Å²) >= 11 is 0. The molecule has 0 spiro atoms. The minimum absolute atomic E-state index is 0.358. The lowest BCUT2D eigenvalue weighted by molar-refractivity contribution is 0.450. The van der Waals surface area contributed by atoms with Gasteiger partial charge in [0.15, 0.2) is 0 Å². The maximum atomic E-state index is 4.13. The molecule has 0 aliphatic carbocycles. The summed E-state index contributed by atoms with van der Waals surface area (Å²) in [5.41, 5.74) is 0. The topological polar surface area (TPSA) is 30.7 Å². The number of fused-ring (bicyclic) bond motifs is 1. The van der Waals surface area contributed by atoms with Gasteiger partial charge in [-0.05, 0) is 19.8 Å². The normalized spacial score (nSPS) is 24.3. The molecule has 3 heteroatoms. The van der Waals surface area contributed by atoms with Gasteiger partial charge in [-0.15, -0.1) is 0 Å². The van der Waals surface area contributed by atoms with E-state index in [1.165, 1.54) is 6.42 Å². The van der Waals surface area contributed by atoms with Gasteiger partial charge in [0, 0.05) is 12.5 Å². The summed E-state index contributed by atoms with van der Waals surface area (Å²) in [7, 11) is 0. The molecule has 0 saturated carbocycles. The Morgan fingerprint density at radius 3 is 3.40 bits per heavy atom. The van der Waals surface area contributed by atoms with Crippen molar-refractivity contribution in [3.05, 3.63) is 19.1 Å². The Kier molecular flexibility index (Phi) is 1.22. The maximum absolute atomic E-state index is 4.13. The van der Waals surface area contributed by atoms with Crippen LogP contribution in [0.5, 0.6) is 0 Å². The molecule has 1 radical (unpaired) electrons. The van der Waals surface area contributed by atoms with Gasteiger partial charge in [-0.2, -0.15) is 5.10 Å². The Balaban J connectivity index is 2.41. The highest BCUT2D eigenvalue weighted by Gasteiger charge is 2.17. The molecule has 53 valence electrons. The minimum atomic E-state index is 0.358. The van der Waals surface area contributed by atoms with Gasteiger partial charge in [0.05, 0.1) is 0 Å². The van der Waals surface area contributed by atoms with Gasteiger partial charge in [-0.1, -0.05) is 0 Å². The summed E-state index contributed by atoms with van der Waals surface area (Å²) in [5, 5.41) is 4.07. The highest BCUT2D eigenvalue weighted by molar-refractivity contribution is 4.99. The van der Waals surface area contributed by atoms with Crippen LogP contribution in [0.25, 0.3) is 0 Å². The molecule has 1 atom stereocenters. The number of nitrogens with zero attached hydrogens (tertiary/aromatic N) is 3. The third kappa shape index (κ3) is 0.735. The van der Waals surface area contributed by atoms with Crippen LogP contribution in [0, 0.1) is 6.92 Å². The summed E-state index contributed by atoms with van der Waals surface area (Å²) in [6.07, 6.45) is 3.95. The maximum Gasteiger partial charge on any atom is 0.138 e. The van der Waals surface area contributed by atoms with E-state index in [2.05, 4.69) is 17.0 Å². The molecule has 3 nitrogen and oxygen atoms in total. The number of aryl methyl sites for hydroxylation is 1. The van der Waals surface area contributed by atoms with Crippen LogP contribution in [0.1, 0.15) is 24.6 Å². The van der Waals surface area contributed by atoms with Crippen LogP contribution >= 0.6 is 0 Å². The van der Waals surface area contributed by atoms with E-state index >= 15 is 0 Å². The quantitative estimate of drug-likeness (QED) is 0.532. The van der Waals surface area contributed by atoms with Crippen molar-refractivity contribution < 1.29 is 0 Å². The van der Waals surface area contributed by atoms with E-state index in [1.54, 1.807) is 6.33 Å². The Bertz CT molecular complexity index is 229. The van der Waals surface area contributed by atoms with Crippen LogP contribution in [0.3, 0.4) is 0 Å². The van der Waals surface area contributed by atoms with Crippen LogP contribution in [0.15, 0.2) is 6.33 Å². The molecule has 0 bridgehead atoms. The van der Waals surface area contributed by atoms with E-state index in [9.17, 15) is 0 Å². The molecule has 0 fully saturated rings. The second-order valence-electron chi connectivity index (χ2n) is 2.68. The van der Waals surface area contributed by atoms with Gasteiger partial charge in [-0.3, -0.25) is 0 Å². The van der Waals surface area contributed by atoms with Gasteiger partial charge in [0.1, 0.15) is 12.2 Å². The molecule has 2 rings (SSSR count). The third-order valence-electron chi connectivity index (χ3n) is 1.93. The Hall–Kier alpha value is -0.860. The van der Waals surface area contributed by atoms with Crippen molar-refractivity contribution in [2.75, 3.05) is 0 Å². The summed E-state index contributed by atoms with van der Waals surface area (Å²) in [6, 6.07) is 0. The van der Waals surface area contributed by atoms with E-state index in [-0.39, 0.29) is 0 Å². The standard InChI is InChI=1S/C7H10N3/c1-6-3-2-4-10-7(6)8-5-9-10/h5-6H,1-4H2. The van der Waals surface area contributed by atoms with Crippen molar-refractivity contribution in [3.8, 4) is 0 Å². The van der Waals surface area contributed by atoms with Gasteiger partial charge in [0.25, 0.3) is 0 Å². The van der Waals surface area contributed by atoms with Crippen LogP contribution in [0.4, 0.5) is 0 Å². The SMILES string of the molecule is [CH2]C1CCCn2ncnc21. The van der Waals surface area contributed by atoms with Crippen molar-refractivity contribution >= 4 is 0 Å². The first-order valence-electron chi connectivity index (χ1n) is 3.59. The summed E-state index contributed by atoms with van der Waals surface area (Å²) in [4.78, 5) is 4.13. The van der Waals surface area contributed by atoms with Crippen molar-refractivity contribution in [1.29, 1.82) is 0 Å². The van der Waals surface area contributed by atoms with Crippen LogP contribution in [-0.4, -0.2) is 14.8 Å². The lowest BCUT2D eigenvalue weighted by Crippen LogP contribution is -2.14. The molecule has 2 heterocycles. The average molecular weight is 136 g/mol. The molecule has 1 aliphatic rings. The van der Waals surface area contributed by atoms with Gasteiger partial charge < -0.3 is 0 Å². The zero-order chi connectivity index (χ0) is 6.97. The van der Waals surface area contributed by atoms with Crippen LogP contribution in [-0.2, 0) is 6.54 Å². The first kappa shape index (κ1) is 5.89. The number of aromatic nitrogens is 3. The zero-order valence-electron chi connectivity index (χ0n) is 5.82. The number of rotatable bonds is 0. The highest BCUT2D eigenvalue weighted by Crippen LogP contribution is 2.22. The molecular formula is C7H10N3. The largest absolute Gasteiger partial charge is 0.250 e. The van der Waals surface area contributed by atoms with E-state index in [0.717, 1.165) is 18.8 Å². The lowest BCUT2D eigenvalue weighted by atomic mass is 10.0. The monoisotopic (exact) mass is 136 g/mol. The lowest BCUT2D eigenvalue weighted by Gasteiger charge is -2.17. The van der Waals surface area contributed by atoms with Crippen molar-refractivity contribution in [1.82, 2.24) is 14.8 Å². The molecule has 1 unspecified atom stereocenters. The fourth-order valence-corrected chi connectivity index (χ4v) is 1.38. The van der Waals surface area contributed by atoms with Crippen molar-refractivity contribution in [3.63, 3.8) is 0 Å². The van der Waals surface area contributed by atoms with E-state index in [4.69, 9.17) is 0 Å². The van der Waals surface area contributed by atoms with Gasteiger partial charge in [0.2, 0.25) is 0 Å². The second kappa shape index (κ2) is 2.08. The summed E-state index contributed by atoms with van der Waals surface area (Å²) < 4.78 is 1.95. The van der Waals surface area contributed by atoms with E-state index in [0.29, 0.717) is 5.92 Å². The molecule has 1 aromatic heterocycles. The zero-order valence-corrected chi connectivity index (χ0v) is 5.82. The second-order valence-corrected chi connectivity index (χ2v) is 2.68. The number of hydrogen-bond acceptors (Lipinski definition) is 2. The van der Waals surface area contributed by atoms with E-state index in [1.807, 2.05) is 4.68 Å². The Labute approximate surface area is 60.1 Å². The molecular weight excluding hydrogens is 126 g/mol. The highest BCUT2D eigenvalue weighted by atomic mass is 15.3. The molecule has 10 heavy (non-hydrogen) atoms. The fourth-order valence-electron chi connectivity index (χ4n) is 1.38. The Morgan fingerprint density at radius 2 is 2.60 bits per heavy atom. The van der Waals surface area contributed by atoms with Gasteiger partial charge >= 0.3 is 0 Å². The molecule has 1 aliphatic heterocycles. The Morgan fingerprint density at radius 1 is 1.70 bits per heavy atom. The van der Waals surface area contributed by atoms with Gasteiger partial charge in [-0.25, -0.2) is 9.67 Å². The smallest absolute Gasteiger partial charge is 0.138 e. The van der Waals surface area contributed by atoms with Crippen LogP contribution in [0.2, 0.25) is 0 Å². The first-order chi connectivity index (χ1) is 4.88. The summed E-state index contributed by atoms with van der Waals surface area (Å²) in [6.45, 7) is 5.00. The summed E-state index contributed by atoms with van der Waals surface area (Å²) in [5.74, 6) is 1.41. The minimum Gasteiger partial charge on any atom is -0.250 e. The molecule has 0 aromatic carbocycles. The number of hydrogen-bond donors (Lipinski definition) is 0. The third-order valence-corrected chi connectivity index (χ3v) is 1.93. The predicted molar refractivity (Wildman–Crippen MR) is 37.4 cm³/mol. The average Bonchev–Trinajstić information content (AvgIpc) is 2.36. The molecule has 1 aromatic rings. The van der Waals surface area contributed by atoms with Crippen LogP contribution < -0.4 is 0 Å². The molecule has 0 N–H and O–H groups in total. The van der Waals surface area contributed by atoms with Crippen molar-refractivity contribution in [2.45, 2.75) is 25.3 Å². The fraction of sp³-hybridized carbons (Fsp3) is 0.571. The first-order valence-corrected chi connectivity index (χ1v) is 3.59. The predicted octanol–water partition coefficient (Wildman–Crippen LogP) is 0.990.